The van der Waals surface area contributed by atoms with Gasteiger partial charge in [0.2, 0.25) is 0 Å². The summed E-state index contributed by atoms with van der Waals surface area (Å²) in [7, 11) is 0. The summed E-state index contributed by atoms with van der Waals surface area (Å²) in [6.07, 6.45) is 1.67. The minimum atomic E-state index is -0.294. The third-order valence-corrected chi connectivity index (χ3v) is 3.70. The lowest BCUT2D eigenvalue weighted by Crippen LogP contribution is -2.11. The van der Waals surface area contributed by atoms with Crippen LogP contribution in [0, 0.1) is 0 Å². The number of hydrogen-bond donors (Lipinski definition) is 2. The molecule has 0 aromatic heterocycles. The van der Waals surface area contributed by atoms with Crippen molar-refractivity contribution in [3.05, 3.63) is 26.1 Å². The van der Waals surface area contributed by atoms with Gasteiger partial charge in [-0.2, -0.15) is 0 Å². The normalized spacial score (nSPS) is 12.9. The van der Waals surface area contributed by atoms with Gasteiger partial charge in [-0.3, -0.25) is 0 Å². The minimum Gasteiger partial charge on any atom is -0.506 e. The molecule has 5 heteroatoms. The molecule has 1 atom stereocenters. The number of phenols is 1. The molecular weight excluding hydrogens is 301 g/mol. The molecule has 0 aliphatic carbocycles. The third kappa shape index (κ3) is 2.78. The zero-order valence-electron chi connectivity index (χ0n) is 8.23. The smallest absolute Gasteiger partial charge is 0.140 e. The van der Waals surface area contributed by atoms with Crippen LogP contribution in [0.4, 0.5) is 0 Å². The molecule has 1 rings (SSSR count). The van der Waals surface area contributed by atoms with Crippen LogP contribution in [0.25, 0.3) is 0 Å². The van der Waals surface area contributed by atoms with E-state index < -0.39 is 0 Å². The van der Waals surface area contributed by atoms with Gasteiger partial charge in [0, 0.05) is 16.1 Å². The number of aromatic hydroxyl groups is 1. The molecule has 0 saturated carbocycles. The average molecular weight is 313 g/mol. The first-order valence-corrected chi connectivity index (χ1v) is 6.15. The number of benzene rings is 1. The Hall–Kier alpha value is 0.0400. The number of halogens is 3. The van der Waals surface area contributed by atoms with Crippen LogP contribution < -0.4 is 5.73 Å². The highest BCUT2D eigenvalue weighted by atomic mass is 79.9. The molecule has 1 aromatic rings. The van der Waals surface area contributed by atoms with Crippen LogP contribution in [0.1, 0.15) is 31.4 Å². The first-order chi connectivity index (χ1) is 6.99. The Morgan fingerprint density at radius 1 is 1.53 bits per heavy atom. The summed E-state index contributed by atoms with van der Waals surface area (Å²) in [6.45, 7) is 2.02. The van der Waals surface area contributed by atoms with Crippen LogP contribution in [-0.4, -0.2) is 5.11 Å². The van der Waals surface area contributed by atoms with Crippen molar-refractivity contribution in [3.8, 4) is 5.75 Å². The number of rotatable bonds is 3. The minimum absolute atomic E-state index is 0.0224. The monoisotopic (exact) mass is 311 g/mol. The van der Waals surface area contributed by atoms with Gasteiger partial charge in [-0.25, -0.2) is 0 Å². The van der Waals surface area contributed by atoms with E-state index in [4.69, 9.17) is 28.9 Å². The fourth-order valence-electron chi connectivity index (χ4n) is 1.40. The van der Waals surface area contributed by atoms with Gasteiger partial charge < -0.3 is 10.8 Å². The zero-order chi connectivity index (χ0) is 11.6. The van der Waals surface area contributed by atoms with Crippen LogP contribution in [0.5, 0.6) is 5.75 Å². The molecule has 2 nitrogen and oxygen atoms in total. The van der Waals surface area contributed by atoms with Crippen LogP contribution in [0.2, 0.25) is 10.0 Å². The molecule has 0 radical (unpaired) electrons. The maximum Gasteiger partial charge on any atom is 0.140 e. The van der Waals surface area contributed by atoms with Gasteiger partial charge in [0.15, 0.2) is 0 Å². The summed E-state index contributed by atoms with van der Waals surface area (Å²) in [5.74, 6) is -0.0224. The van der Waals surface area contributed by atoms with Crippen molar-refractivity contribution in [2.45, 2.75) is 25.8 Å². The quantitative estimate of drug-likeness (QED) is 0.819. The van der Waals surface area contributed by atoms with Crippen LogP contribution in [-0.2, 0) is 0 Å². The van der Waals surface area contributed by atoms with E-state index in [-0.39, 0.29) is 16.8 Å². The van der Waals surface area contributed by atoms with Crippen molar-refractivity contribution in [1.82, 2.24) is 0 Å². The molecular formula is C10H12BrCl2NO. The Bertz CT molecular complexity index is 345. The summed E-state index contributed by atoms with van der Waals surface area (Å²) in [5, 5.41) is 10.5. The predicted octanol–water partition coefficient (Wildman–Crippen LogP) is 4.26. The Labute approximate surface area is 107 Å². The lowest BCUT2D eigenvalue weighted by atomic mass is 10.0. The standard InChI is InChI=1S/C10H12BrCl2NO/c1-2-3-7(14)8-9(13)5(11)4-6(12)10(8)15/h4,7,15H,2-3,14H2,1H3. The second-order valence-corrected chi connectivity index (χ2v) is 4.95. The van der Waals surface area contributed by atoms with E-state index in [9.17, 15) is 5.11 Å². The highest BCUT2D eigenvalue weighted by Gasteiger charge is 2.19. The average Bonchev–Trinajstić information content (AvgIpc) is 2.16. The van der Waals surface area contributed by atoms with E-state index in [1.165, 1.54) is 0 Å². The molecule has 0 heterocycles. The largest absolute Gasteiger partial charge is 0.506 e. The first kappa shape index (κ1) is 13.1. The summed E-state index contributed by atoms with van der Waals surface area (Å²) in [6, 6.07) is 1.26. The van der Waals surface area contributed by atoms with Gasteiger partial charge in [-0.05, 0) is 28.4 Å². The molecule has 0 saturated heterocycles. The molecule has 0 aliphatic heterocycles. The Balaban J connectivity index is 3.26. The topological polar surface area (TPSA) is 46.2 Å². The Morgan fingerprint density at radius 3 is 2.67 bits per heavy atom. The zero-order valence-corrected chi connectivity index (χ0v) is 11.3. The van der Waals surface area contributed by atoms with Crippen molar-refractivity contribution in [2.75, 3.05) is 0 Å². The van der Waals surface area contributed by atoms with E-state index in [1.807, 2.05) is 6.92 Å². The molecule has 0 aliphatic rings. The van der Waals surface area contributed by atoms with E-state index in [2.05, 4.69) is 15.9 Å². The lowest BCUT2D eigenvalue weighted by molar-refractivity contribution is 0.458. The highest BCUT2D eigenvalue weighted by Crippen LogP contribution is 2.42. The SMILES string of the molecule is CCCC(N)c1c(O)c(Cl)cc(Br)c1Cl. The van der Waals surface area contributed by atoms with E-state index in [1.54, 1.807) is 6.07 Å². The first-order valence-electron chi connectivity index (χ1n) is 4.61. The van der Waals surface area contributed by atoms with Crippen LogP contribution in [0.3, 0.4) is 0 Å². The second-order valence-electron chi connectivity index (χ2n) is 3.31. The van der Waals surface area contributed by atoms with Gasteiger partial charge >= 0.3 is 0 Å². The Kier molecular flexibility index (Phi) is 4.71. The number of phenolic OH excluding ortho intramolecular Hbond substituents is 1. The van der Waals surface area contributed by atoms with Crippen molar-refractivity contribution in [3.63, 3.8) is 0 Å². The van der Waals surface area contributed by atoms with E-state index in [0.29, 0.717) is 15.1 Å². The van der Waals surface area contributed by atoms with E-state index in [0.717, 1.165) is 12.8 Å². The molecule has 3 N–H and O–H groups in total. The van der Waals surface area contributed by atoms with Gasteiger partial charge in [0.25, 0.3) is 0 Å². The maximum atomic E-state index is 9.78. The summed E-state index contributed by atoms with van der Waals surface area (Å²) < 4.78 is 0.647. The van der Waals surface area contributed by atoms with Crippen molar-refractivity contribution >= 4 is 39.1 Å². The molecule has 0 amide bonds. The molecule has 0 spiro atoms. The third-order valence-electron chi connectivity index (χ3n) is 2.15. The summed E-state index contributed by atoms with van der Waals surface area (Å²) >= 11 is 15.2. The number of hydrogen-bond acceptors (Lipinski definition) is 2. The fraction of sp³-hybridized carbons (Fsp3) is 0.400. The molecule has 1 unspecified atom stereocenters. The van der Waals surface area contributed by atoms with Crippen LogP contribution in [0.15, 0.2) is 10.5 Å². The van der Waals surface area contributed by atoms with Crippen molar-refractivity contribution in [1.29, 1.82) is 0 Å². The Morgan fingerprint density at radius 2 is 2.13 bits per heavy atom. The van der Waals surface area contributed by atoms with Gasteiger partial charge in [-0.15, -0.1) is 0 Å². The molecule has 84 valence electrons. The lowest BCUT2D eigenvalue weighted by Gasteiger charge is -2.16. The molecule has 15 heavy (non-hydrogen) atoms. The van der Waals surface area contributed by atoms with Gasteiger partial charge in [0.1, 0.15) is 5.75 Å². The molecule has 1 aromatic carbocycles. The van der Waals surface area contributed by atoms with Crippen molar-refractivity contribution in [2.24, 2.45) is 5.73 Å². The summed E-state index contributed by atoms with van der Waals surface area (Å²) in [5.41, 5.74) is 6.43. The van der Waals surface area contributed by atoms with Gasteiger partial charge in [-0.1, -0.05) is 36.5 Å². The van der Waals surface area contributed by atoms with Crippen molar-refractivity contribution < 1.29 is 5.11 Å². The van der Waals surface area contributed by atoms with E-state index >= 15 is 0 Å². The highest BCUT2D eigenvalue weighted by molar-refractivity contribution is 9.10. The van der Waals surface area contributed by atoms with Crippen LogP contribution >= 0.6 is 39.1 Å². The predicted molar refractivity (Wildman–Crippen MR) is 67.7 cm³/mol. The number of nitrogens with two attached hydrogens (primary N) is 1. The fourth-order valence-corrected chi connectivity index (χ4v) is 2.47. The second kappa shape index (κ2) is 5.39. The molecule has 0 bridgehead atoms. The maximum absolute atomic E-state index is 9.78. The summed E-state index contributed by atoms with van der Waals surface area (Å²) in [4.78, 5) is 0. The molecule has 0 fully saturated rings. The van der Waals surface area contributed by atoms with Gasteiger partial charge in [0.05, 0.1) is 10.0 Å².